The number of methoxy groups -OCH3 is 6. The first kappa shape index (κ1) is 34.9. The highest BCUT2D eigenvalue weighted by atomic mass is 16.6. The number of hydrogen-bond acceptors (Lipinski definition) is 13. The van der Waals surface area contributed by atoms with Crippen LogP contribution in [-0.4, -0.2) is 90.0 Å². The summed E-state index contributed by atoms with van der Waals surface area (Å²) in [7, 11) is 8.45. The Hall–Kier alpha value is -5.92. The average Bonchev–Trinajstić information content (AvgIpc) is 3.11. The molecule has 4 rings (SSSR count). The van der Waals surface area contributed by atoms with Crippen molar-refractivity contribution in [3.05, 3.63) is 82.9 Å². The van der Waals surface area contributed by atoms with Crippen molar-refractivity contribution in [2.45, 2.75) is 24.7 Å². The van der Waals surface area contributed by atoms with Gasteiger partial charge in [0.15, 0.2) is 46.7 Å². The molecule has 0 fully saturated rings. The van der Waals surface area contributed by atoms with Crippen LogP contribution in [0.4, 0.5) is 0 Å². The van der Waals surface area contributed by atoms with Crippen molar-refractivity contribution in [2.24, 2.45) is 0 Å². The van der Waals surface area contributed by atoms with Crippen molar-refractivity contribution in [3.8, 4) is 34.5 Å². The van der Waals surface area contributed by atoms with Gasteiger partial charge in [-0.05, 0) is 60.7 Å². The predicted octanol–water partition coefficient (Wildman–Crippen LogP) is 4.13. The molecule has 254 valence electrons. The minimum absolute atomic E-state index is 0.0207. The highest BCUT2D eigenvalue weighted by Crippen LogP contribution is 2.34. The predicted molar refractivity (Wildman–Crippen MR) is 167 cm³/mol. The first-order chi connectivity index (χ1) is 23.1. The highest BCUT2D eigenvalue weighted by Gasteiger charge is 2.43. The third-order valence-corrected chi connectivity index (χ3v) is 7.35. The summed E-state index contributed by atoms with van der Waals surface area (Å²) in [6, 6.07) is 12.8. The van der Waals surface area contributed by atoms with E-state index in [1.165, 1.54) is 97.3 Å². The summed E-state index contributed by atoms with van der Waals surface area (Å²) < 4.78 is 48.8. The van der Waals surface area contributed by atoms with E-state index in [1.54, 1.807) is 0 Å². The van der Waals surface area contributed by atoms with Crippen LogP contribution in [0.2, 0.25) is 0 Å². The zero-order valence-electron chi connectivity index (χ0n) is 27.0. The van der Waals surface area contributed by atoms with E-state index < -0.39 is 42.2 Å². The van der Waals surface area contributed by atoms with Gasteiger partial charge in [0.1, 0.15) is 6.10 Å². The van der Waals surface area contributed by atoms with Gasteiger partial charge in [-0.2, -0.15) is 0 Å². The van der Waals surface area contributed by atoms with Gasteiger partial charge in [0, 0.05) is 12.0 Å². The van der Waals surface area contributed by atoms with Gasteiger partial charge in [0.2, 0.25) is 0 Å². The molecular formula is C34H34O14. The number of carboxylic acids is 1. The van der Waals surface area contributed by atoms with Crippen molar-refractivity contribution in [1.82, 2.24) is 0 Å². The Balaban J connectivity index is 1.73. The molecule has 3 atom stereocenters. The van der Waals surface area contributed by atoms with Crippen LogP contribution in [0.25, 0.3) is 0 Å². The Kier molecular flexibility index (Phi) is 11.3. The summed E-state index contributed by atoms with van der Waals surface area (Å²) in [6.45, 7) is 0. The summed E-state index contributed by atoms with van der Waals surface area (Å²) in [5.74, 6) is -2.33. The van der Waals surface area contributed by atoms with E-state index in [0.717, 1.165) is 6.08 Å². The minimum Gasteiger partial charge on any atom is -0.493 e. The number of hydrogen-bond donors (Lipinski definition) is 1. The molecule has 3 aromatic carbocycles. The highest BCUT2D eigenvalue weighted by molar-refractivity contribution is 5.93. The maximum atomic E-state index is 13.5. The molecular weight excluding hydrogens is 632 g/mol. The third kappa shape index (κ3) is 7.71. The Morgan fingerprint density at radius 3 is 1.29 bits per heavy atom. The molecule has 0 unspecified atom stereocenters. The number of carbonyl (C=O) groups excluding carboxylic acids is 3. The molecule has 0 radical (unpaired) electrons. The van der Waals surface area contributed by atoms with E-state index in [2.05, 4.69) is 0 Å². The zero-order valence-corrected chi connectivity index (χ0v) is 27.0. The second kappa shape index (κ2) is 15.6. The number of rotatable bonds is 13. The lowest BCUT2D eigenvalue weighted by Gasteiger charge is -2.35. The molecule has 0 aromatic heterocycles. The first-order valence-corrected chi connectivity index (χ1v) is 14.3. The average molecular weight is 667 g/mol. The molecule has 0 amide bonds. The minimum atomic E-state index is -1.52. The molecule has 48 heavy (non-hydrogen) atoms. The van der Waals surface area contributed by atoms with Crippen molar-refractivity contribution in [1.29, 1.82) is 0 Å². The SMILES string of the molecule is COc1ccc(C(=O)O[C@@H]2[C@H](OC(=O)c3ccc(OC)c(OC)c3)C=C(C(=O)O)C[C@H]2OC(=O)c2ccc(OC)c(OC)c2)cc1OC. The summed E-state index contributed by atoms with van der Waals surface area (Å²) in [6.07, 6.45) is -3.69. The fourth-order valence-corrected chi connectivity index (χ4v) is 4.90. The molecule has 0 saturated carbocycles. The van der Waals surface area contributed by atoms with Gasteiger partial charge in [0.25, 0.3) is 0 Å². The van der Waals surface area contributed by atoms with Crippen LogP contribution in [0.1, 0.15) is 37.5 Å². The third-order valence-electron chi connectivity index (χ3n) is 7.35. The summed E-state index contributed by atoms with van der Waals surface area (Å²) in [5.41, 5.74) is -0.172. The lowest BCUT2D eigenvalue weighted by Crippen LogP contribution is -2.48. The molecule has 1 N–H and O–H groups in total. The second-order valence-electron chi connectivity index (χ2n) is 10.1. The first-order valence-electron chi connectivity index (χ1n) is 14.3. The molecule has 0 bridgehead atoms. The molecule has 14 nitrogen and oxygen atoms in total. The molecule has 0 saturated heterocycles. The van der Waals surface area contributed by atoms with Gasteiger partial charge in [-0.25, -0.2) is 19.2 Å². The van der Waals surface area contributed by atoms with Crippen molar-refractivity contribution in [2.75, 3.05) is 42.7 Å². The molecule has 0 heterocycles. The topological polar surface area (TPSA) is 172 Å². The van der Waals surface area contributed by atoms with Crippen LogP contribution in [-0.2, 0) is 19.0 Å². The lowest BCUT2D eigenvalue weighted by molar-refractivity contribution is -0.134. The smallest absolute Gasteiger partial charge is 0.338 e. The molecule has 14 heteroatoms. The van der Waals surface area contributed by atoms with E-state index >= 15 is 0 Å². The van der Waals surface area contributed by atoms with E-state index in [-0.39, 0.29) is 45.9 Å². The van der Waals surface area contributed by atoms with Crippen molar-refractivity contribution < 1.29 is 66.9 Å². The van der Waals surface area contributed by atoms with Crippen molar-refractivity contribution in [3.63, 3.8) is 0 Å². The van der Waals surface area contributed by atoms with Gasteiger partial charge in [-0.1, -0.05) is 0 Å². The van der Waals surface area contributed by atoms with Crippen molar-refractivity contribution >= 4 is 23.9 Å². The quantitative estimate of drug-likeness (QED) is 0.204. The second-order valence-corrected chi connectivity index (χ2v) is 10.1. The molecule has 1 aliphatic carbocycles. The number of esters is 3. The number of benzene rings is 3. The molecule has 3 aromatic rings. The van der Waals surface area contributed by atoms with Gasteiger partial charge < -0.3 is 47.7 Å². The van der Waals surface area contributed by atoms with E-state index in [1.807, 2.05) is 0 Å². The van der Waals surface area contributed by atoms with Crippen LogP contribution in [0.5, 0.6) is 34.5 Å². The van der Waals surface area contributed by atoms with Crippen LogP contribution in [0.3, 0.4) is 0 Å². The lowest BCUT2D eigenvalue weighted by atomic mass is 9.91. The Labute approximate surface area is 275 Å². The number of aliphatic carboxylic acids is 1. The number of carboxylic acid groups (broad SMARTS) is 1. The van der Waals surface area contributed by atoms with Gasteiger partial charge >= 0.3 is 23.9 Å². The molecule has 0 aliphatic heterocycles. The summed E-state index contributed by atoms with van der Waals surface area (Å²) in [5, 5.41) is 9.94. The van der Waals surface area contributed by atoms with E-state index in [9.17, 15) is 24.3 Å². The molecule has 1 aliphatic rings. The fourth-order valence-electron chi connectivity index (χ4n) is 4.90. The normalized spacial score (nSPS) is 16.8. The van der Waals surface area contributed by atoms with Crippen LogP contribution in [0, 0.1) is 0 Å². The summed E-state index contributed by atoms with van der Waals surface area (Å²) >= 11 is 0. The van der Waals surface area contributed by atoms with E-state index in [0.29, 0.717) is 17.2 Å². The van der Waals surface area contributed by atoms with E-state index in [4.69, 9.17) is 42.6 Å². The fraction of sp³-hybridized carbons (Fsp3) is 0.294. The van der Waals surface area contributed by atoms with Gasteiger partial charge in [0.05, 0.1) is 59.3 Å². The van der Waals surface area contributed by atoms with Crippen LogP contribution in [0.15, 0.2) is 66.2 Å². The molecule has 0 spiro atoms. The van der Waals surface area contributed by atoms with Crippen LogP contribution >= 0.6 is 0 Å². The zero-order chi connectivity index (χ0) is 35.0. The standard InChI is InChI=1S/C34H34O14/c1-40-22-10-7-18(13-25(22)43-4)32(37)46-28-16-21(31(35)36)17-29(47-33(38)19-8-11-23(41-2)26(14-19)44-5)30(28)48-34(39)20-9-12-24(42-3)27(15-20)45-6/h7-16,28-30H,17H2,1-6H3,(H,35,36)/t28-,29-,30-/m1/s1. The van der Waals surface area contributed by atoms with Gasteiger partial charge in [-0.15, -0.1) is 0 Å². The summed E-state index contributed by atoms with van der Waals surface area (Å²) in [4.78, 5) is 52.5. The van der Waals surface area contributed by atoms with Crippen LogP contribution < -0.4 is 28.4 Å². The maximum Gasteiger partial charge on any atom is 0.338 e. The number of ether oxygens (including phenoxy) is 9. The largest absolute Gasteiger partial charge is 0.493 e. The Bertz CT molecular complexity index is 1710. The monoisotopic (exact) mass is 666 g/mol. The number of carbonyl (C=O) groups is 4. The Morgan fingerprint density at radius 2 is 0.917 bits per heavy atom. The van der Waals surface area contributed by atoms with Gasteiger partial charge in [-0.3, -0.25) is 0 Å². The Morgan fingerprint density at radius 1 is 0.542 bits per heavy atom. The maximum absolute atomic E-state index is 13.5.